The highest BCUT2D eigenvalue weighted by molar-refractivity contribution is 7.99. The summed E-state index contributed by atoms with van der Waals surface area (Å²) in [5, 5.41) is 0. The SMILES string of the molecule is CCSc1ccccc1NS(=O)(=O)c1ccc(SC)cc1. The molecule has 0 aromatic heterocycles. The molecule has 0 fully saturated rings. The zero-order valence-electron chi connectivity index (χ0n) is 11.9. The maximum atomic E-state index is 12.4. The van der Waals surface area contributed by atoms with E-state index in [1.807, 2.05) is 43.5 Å². The monoisotopic (exact) mass is 339 g/mol. The Kier molecular flexibility index (Phi) is 5.61. The van der Waals surface area contributed by atoms with Crippen LogP contribution < -0.4 is 4.72 Å². The van der Waals surface area contributed by atoms with E-state index in [1.165, 1.54) is 0 Å². The molecule has 2 aromatic carbocycles. The molecule has 0 aliphatic rings. The lowest BCUT2D eigenvalue weighted by Gasteiger charge is -2.12. The van der Waals surface area contributed by atoms with E-state index >= 15 is 0 Å². The van der Waals surface area contributed by atoms with Crippen LogP contribution in [0.15, 0.2) is 63.2 Å². The number of anilines is 1. The molecule has 0 atom stereocenters. The molecule has 0 heterocycles. The van der Waals surface area contributed by atoms with Gasteiger partial charge in [0.05, 0.1) is 10.6 Å². The molecule has 0 spiro atoms. The highest BCUT2D eigenvalue weighted by atomic mass is 32.2. The molecule has 112 valence electrons. The van der Waals surface area contributed by atoms with E-state index in [-0.39, 0.29) is 4.90 Å². The molecule has 0 saturated carbocycles. The van der Waals surface area contributed by atoms with E-state index in [0.717, 1.165) is 15.5 Å². The Morgan fingerprint density at radius 3 is 2.33 bits per heavy atom. The number of nitrogens with one attached hydrogen (secondary N) is 1. The van der Waals surface area contributed by atoms with Crippen molar-refractivity contribution >= 4 is 39.2 Å². The van der Waals surface area contributed by atoms with Crippen LogP contribution in [0.5, 0.6) is 0 Å². The normalized spacial score (nSPS) is 11.3. The van der Waals surface area contributed by atoms with Gasteiger partial charge in [-0.2, -0.15) is 0 Å². The predicted octanol–water partition coefficient (Wildman–Crippen LogP) is 4.32. The summed E-state index contributed by atoms with van der Waals surface area (Å²) in [6.07, 6.45) is 1.96. The molecule has 0 amide bonds. The Hall–Kier alpha value is -1.11. The minimum Gasteiger partial charge on any atom is -0.278 e. The van der Waals surface area contributed by atoms with Crippen LogP contribution in [-0.4, -0.2) is 20.4 Å². The first-order valence-electron chi connectivity index (χ1n) is 6.45. The summed E-state index contributed by atoms with van der Waals surface area (Å²) < 4.78 is 27.5. The van der Waals surface area contributed by atoms with Gasteiger partial charge in [-0.05, 0) is 48.4 Å². The Balaban J connectivity index is 2.28. The van der Waals surface area contributed by atoms with E-state index in [1.54, 1.807) is 41.7 Å². The Morgan fingerprint density at radius 2 is 1.71 bits per heavy atom. The number of para-hydroxylation sites is 1. The number of sulfonamides is 1. The fraction of sp³-hybridized carbons (Fsp3) is 0.200. The average molecular weight is 340 g/mol. The van der Waals surface area contributed by atoms with E-state index in [0.29, 0.717) is 5.69 Å². The second-order valence-electron chi connectivity index (χ2n) is 4.21. The molecule has 6 heteroatoms. The van der Waals surface area contributed by atoms with E-state index in [2.05, 4.69) is 4.72 Å². The maximum Gasteiger partial charge on any atom is 0.261 e. The van der Waals surface area contributed by atoms with Crippen LogP contribution in [0.1, 0.15) is 6.92 Å². The lowest BCUT2D eigenvalue weighted by atomic mass is 10.3. The first-order chi connectivity index (χ1) is 10.1. The molecule has 0 unspecified atom stereocenters. The molecule has 0 saturated heterocycles. The molecule has 3 nitrogen and oxygen atoms in total. The quantitative estimate of drug-likeness (QED) is 0.796. The minimum absolute atomic E-state index is 0.275. The largest absolute Gasteiger partial charge is 0.278 e. The van der Waals surface area contributed by atoms with Crippen molar-refractivity contribution in [2.24, 2.45) is 0 Å². The summed E-state index contributed by atoms with van der Waals surface area (Å²) in [4.78, 5) is 2.25. The summed E-state index contributed by atoms with van der Waals surface area (Å²) in [6.45, 7) is 2.04. The number of hydrogen-bond acceptors (Lipinski definition) is 4. The van der Waals surface area contributed by atoms with E-state index in [4.69, 9.17) is 0 Å². The lowest BCUT2D eigenvalue weighted by molar-refractivity contribution is 0.601. The smallest absolute Gasteiger partial charge is 0.261 e. The third-order valence-electron chi connectivity index (χ3n) is 2.80. The standard InChI is InChI=1S/C15H17NO2S3/c1-3-20-15-7-5-4-6-14(15)16-21(17,18)13-10-8-12(19-2)9-11-13/h4-11,16H,3H2,1-2H3. The molecular weight excluding hydrogens is 322 g/mol. The van der Waals surface area contributed by atoms with Crippen LogP contribution >= 0.6 is 23.5 Å². The van der Waals surface area contributed by atoms with E-state index in [9.17, 15) is 8.42 Å². The third kappa shape index (κ3) is 4.18. The summed E-state index contributed by atoms with van der Waals surface area (Å²) in [5.74, 6) is 0.890. The first-order valence-corrected chi connectivity index (χ1v) is 10.1. The number of rotatable bonds is 6. The van der Waals surface area contributed by atoms with Gasteiger partial charge in [-0.1, -0.05) is 19.1 Å². The van der Waals surface area contributed by atoms with Gasteiger partial charge in [0.1, 0.15) is 0 Å². The summed E-state index contributed by atoms with van der Waals surface area (Å²) in [5.41, 5.74) is 0.623. The molecule has 2 aromatic rings. The minimum atomic E-state index is -3.55. The lowest BCUT2D eigenvalue weighted by Crippen LogP contribution is -2.13. The fourth-order valence-electron chi connectivity index (χ4n) is 1.79. The topological polar surface area (TPSA) is 46.2 Å². The molecule has 0 radical (unpaired) electrons. The molecule has 0 aliphatic heterocycles. The fourth-order valence-corrected chi connectivity index (χ4v) is 4.10. The molecule has 1 N–H and O–H groups in total. The number of thioether (sulfide) groups is 2. The van der Waals surface area contributed by atoms with Crippen LogP contribution in [0, 0.1) is 0 Å². The van der Waals surface area contributed by atoms with Crippen molar-refractivity contribution in [2.75, 3.05) is 16.7 Å². The van der Waals surface area contributed by atoms with Crippen LogP contribution in [0.3, 0.4) is 0 Å². The Labute approximate surface area is 134 Å². The third-order valence-corrected chi connectivity index (χ3v) is 5.88. The Bertz CT molecular complexity index is 697. The van der Waals surface area contributed by atoms with Crippen molar-refractivity contribution in [2.45, 2.75) is 21.6 Å². The van der Waals surface area contributed by atoms with Crippen molar-refractivity contribution in [3.05, 3.63) is 48.5 Å². The summed E-state index contributed by atoms with van der Waals surface area (Å²) in [6, 6.07) is 14.3. The number of hydrogen-bond donors (Lipinski definition) is 1. The molecule has 21 heavy (non-hydrogen) atoms. The van der Waals surface area contributed by atoms with Gasteiger partial charge in [0.25, 0.3) is 10.0 Å². The van der Waals surface area contributed by atoms with Gasteiger partial charge in [-0.25, -0.2) is 8.42 Å². The maximum absolute atomic E-state index is 12.4. The molecule has 0 bridgehead atoms. The van der Waals surface area contributed by atoms with Crippen LogP contribution in [0.25, 0.3) is 0 Å². The summed E-state index contributed by atoms with van der Waals surface area (Å²) >= 11 is 3.20. The van der Waals surface area contributed by atoms with Crippen molar-refractivity contribution in [3.8, 4) is 0 Å². The highest BCUT2D eigenvalue weighted by Crippen LogP contribution is 2.29. The van der Waals surface area contributed by atoms with E-state index < -0.39 is 10.0 Å². The van der Waals surface area contributed by atoms with Gasteiger partial charge < -0.3 is 0 Å². The highest BCUT2D eigenvalue weighted by Gasteiger charge is 2.15. The first kappa shape index (κ1) is 16.3. The van der Waals surface area contributed by atoms with Gasteiger partial charge in [-0.15, -0.1) is 23.5 Å². The summed E-state index contributed by atoms with van der Waals surface area (Å²) in [7, 11) is -3.55. The van der Waals surface area contributed by atoms with Crippen LogP contribution in [-0.2, 0) is 10.0 Å². The molecule has 0 aliphatic carbocycles. The van der Waals surface area contributed by atoms with Gasteiger partial charge >= 0.3 is 0 Å². The average Bonchev–Trinajstić information content (AvgIpc) is 2.49. The van der Waals surface area contributed by atoms with Crippen molar-refractivity contribution in [1.82, 2.24) is 0 Å². The van der Waals surface area contributed by atoms with Gasteiger partial charge in [-0.3, -0.25) is 4.72 Å². The van der Waals surface area contributed by atoms with Crippen molar-refractivity contribution in [1.29, 1.82) is 0 Å². The van der Waals surface area contributed by atoms with Crippen molar-refractivity contribution in [3.63, 3.8) is 0 Å². The van der Waals surface area contributed by atoms with Gasteiger partial charge in [0.2, 0.25) is 0 Å². The Morgan fingerprint density at radius 1 is 1.05 bits per heavy atom. The predicted molar refractivity (Wildman–Crippen MR) is 91.9 cm³/mol. The van der Waals surface area contributed by atoms with Crippen molar-refractivity contribution < 1.29 is 8.42 Å². The van der Waals surface area contributed by atoms with Crippen LogP contribution in [0.4, 0.5) is 5.69 Å². The van der Waals surface area contributed by atoms with Gasteiger partial charge in [0, 0.05) is 9.79 Å². The second kappa shape index (κ2) is 7.24. The molecular formula is C15H17NO2S3. The zero-order valence-corrected chi connectivity index (χ0v) is 14.3. The number of benzene rings is 2. The second-order valence-corrected chi connectivity index (χ2v) is 8.08. The van der Waals surface area contributed by atoms with Crippen LogP contribution in [0.2, 0.25) is 0 Å². The molecule has 2 rings (SSSR count). The zero-order chi connectivity index (χ0) is 15.3. The van der Waals surface area contributed by atoms with Gasteiger partial charge in [0.15, 0.2) is 0 Å².